The molecule has 2 rings (SSSR count). The molecular formula is C13H21N3O. The van der Waals surface area contributed by atoms with Gasteiger partial charge in [0.25, 0.3) is 0 Å². The first kappa shape index (κ1) is 12.3. The highest BCUT2D eigenvalue weighted by molar-refractivity contribution is 5.42. The van der Waals surface area contributed by atoms with E-state index in [9.17, 15) is 0 Å². The molecule has 0 bridgehead atoms. The summed E-state index contributed by atoms with van der Waals surface area (Å²) in [6.45, 7) is 0. The van der Waals surface area contributed by atoms with Crippen molar-refractivity contribution in [1.29, 1.82) is 0 Å². The number of nitrogen functional groups attached to an aromatic ring is 1. The van der Waals surface area contributed by atoms with E-state index in [1.54, 1.807) is 13.3 Å². The Bertz CT molecular complexity index is 375. The number of rotatable bonds is 3. The van der Waals surface area contributed by atoms with E-state index in [1.165, 1.54) is 19.3 Å². The summed E-state index contributed by atoms with van der Waals surface area (Å²) in [6.07, 6.45) is 7.29. The first-order valence-electron chi connectivity index (χ1n) is 6.21. The minimum atomic E-state index is -0.268. The number of anilines is 1. The van der Waals surface area contributed by atoms with Gasteiger partial charge in [0.05, 0.1) is 11.6 Å². The van der Waals surface area contributed by atoms with Crippen LogP contribution in [0.1, 0.15) is 43.7 Å². The average molecular weight is 235 g/mol. The van der Waals surface area contributed by atoms with E-state index < -0.39 is 0 Å². The van der Waals surface area contributed by atoms with Crippen LogP contribution in [0.3, 0.4) is 0 Å². The van der Waals surface area contributed by atoms with E-state index in [-0.39, 0.29) is 11.6 Å². The van der Waals surface area contributed by atoms with Crippen molar-refractivity contribution in [3.8, 4) is 0 Å². The third-order valence-corrected chi connectivity index (χ3v) is 3.88. The Kier molecular flexibility index (Phi) is 3.64. The Balaban J connectivity index is 2.28. The van der Waals surface area contributed by atoms with Crippen LogP contribution >= 0.6 is 0 Å². The largest absolute Gasteiger partial charge is 0.383 e. The summed E-state index contributed by atoms with van der Waals surface area (Å²) >= 11 is 0. The first-order chi connectivity index (χ1) is 8.19. The number of pyridine rings is 1. The maximum absolute atomic E-state index is 6.37. The van der Waals surface area contributed by atoms with Crippen LogP contribution in [-0.4, -0.2) is 17.7 Å². The Morgan fingerprint density at radius 1 is 1.35 bits per heavy atom. The first-order valence-corrected chi connectivity index (χ1v) is 6.21. The lowest BCUT2D eigenvalue weighted by Crippen LogP contribution is -2.45. The molecule has 0 aliphatic heterocycles. The summed E-state index contributed by atoms with van der Waals surface area (Å²) in [4.78, 5) is 4.10. The maximum Gasteiger partial charge on any atom is 0.128 e. The van der Waals surface area contributed by atoms with Crippen molar-refractivity contribution in [1.82, 2.24) is 4.98 Å². The molecule has 1 aliphatic rings. The van der Waals surface area contributed by atoms with E-state index in [0.29, 0.717) is 5.82 Å². The third-order valence-electron chi connectivity index (χ3n) is 3.88. The molecule has 1 fully saturated rings. The van der Waals surface area contributed by atoms with Gasteiger partial charge in [-0.3, -0.25) is 0 Å². The molecule has 1 aromatic rings. The van der Waals surface area contributed by atoms with Gasteiger partial charge in [-0.05, 0) is 18.9 Å². The molecule has 17 heavy (non-hydrogen) atoms. The standard InChI is InChI=1S/C13H21N3O/c1-17-13(7-3-2-4-8-13)11(14)10-6-5-9-16-12(10)15/h5-6,9,11H,2-4,7-8,14H2,1H3,(H2,15,16). The van der Waals surface area contributed by atoms with Gasteiger partial charge in [-0.25, -0.2) is 4.98 Å². The zero-order valence-electron chi connectivity index (χ0n) is 10.4. The molecule has 0 aromatic carbocycles. The highest BCUT2D eigenvalue weighted by Gasteiger charge is 2.39. The van der Waals surface area contributed by atoms with E-state index in [1.807, 2.05) is 12.1 Å². The number of hydrogen-bond donors (Lipinski definition) is 2. The third kappa shape index (κ3) is 2.28. The summed E-state index contributed by atoms with van der Waals surface area (Å²) in [5, 5.41) is 0. The molecule has 4 nitrogen and oxygen atoms in total. The van der Waals surface area contributed by atoms with Gasteiger partial charge in [0.15, 0.2) is 0 Å². The maximum atomic E-state index is 6.37. The Morgan fingerprint density at radius 3 is 2.65 bits per heavy atom. The summed E-state index contributed by atoms with van der Waals surface area (Å²) in [5.41, 5.74) is 12.9. The summed E-state index contributed by atoms with van der Waals surface area (Å²) in [6, 6.07) is 3.63. The molecule has 1 unspecified atom stereocenters. The molecule has 0 spiro atoms. The molecule has 0 amide bonds. The van der Waals surface area contributed by atoms with Gasteiger partial charge < -0.3 is 16.2 Å². The molecule has 0 radical (unpaired) electrons. The predicted molar refractivity (Wildman–Crippen MR) is 68.4 cm³/mol. The fraction of sp³-hybridized carbons (Fsp3) is 0.615. The van der Waals surface area contributed by atoms with E-state index >= 15 is 0 Å². The van der Waals surface area contributed by atoms with Gasteiger partial charge in [0.2, 0.25) is 0 Å². The minimum absolute atomic E-state index is 0.193. The molecular weight excluding hydrogens is 214 g/mol. The molecule has 0 saturated heterocycles. The smallest absolute Gasteiger partial charge is 0.128 e. The monoisotopic (exact) mass is 235 g/mol. The van der Waals surface area contributed by atoms with Gasteiger partial charge in [0.1, 0.15) is 5.82 Å². The number of ether oxygens (including phenoxy) is 1. The highest BCUT2D eigenvalue weighted by atomic mass is 16.5. The Hall–Kier alpha value is -1.13. The van der Waals surface area contributed by atoms with E-state index in [0.717, 1.165) is 18.4 Å². The molecule has 1 aliphatic carbocycles. The number of nitrogens with zero attached hydrogens (tertiary/aromatic N) is 1. The Labute approximate surface area is 102 Å². The van der Waals surface area contributed by atoms with Crippen LogP contribution in [0.2, 0.25) is 0 Å². The second-order valence-corrected chi connectivity index (χ2v) is 4.79. The SMILES string of the molecule is COC1(C(N)c2cccnc2N)CCCCC1. The van der Waals surface area contributed by atoms with Crippen molar-refractivity contribution in [3.05, 3.63) is 23.9 Å². The van der Waals surface area contributed by atoms with Crippen molar-refractivity contribution in [3.63, 3.8) is 0 Å². The highest BCUT2D eigenvalue weighted by Crippen LogP contribution is 2.40. The normalized spacial score (nSPS) is 21.1. The van der Waals surface area contributed by atoms with Gasteiger partial charge >= 0.3 is 0 Å². The van der Waals surface area contributed by atoms with Crippen molar-refractivity contribution in [2.75, 3.05) is 12.8 Å². The fourth-order valence-electron chi connectivity index (χ4n) is 2.77. The number of aromatic nitrogens is 1. The van der Waals surface area contributed by atoms with E-state index in [2.05, 4.69) is 4.98 Å². The predicted octanol–water partition coefficient (Wildman–Crippen LogP) is 2.01. The fourth-order valence-corrected chi connectivity index (χ4v) is 2.77. The van der Waals surface area contributed by atoms with E-state index in [4.69, 9.17) is 16.2 Å². The van der Waals surface area contributed by atoms with Gasteiger partial charge in [-0.2, -0.15) is 0 Å². The summed E-state index contributed by atoms with van der Waals surface area (Å²) < 4.78 is 5.74. The minimum Gasteiger partial charge on any atom is -0.383 e. The zero-order chi connectivity index (χ0) is 12.3. The molecule has 4 heteroatoms. The topological polar surface area (TPSA) is 74.2 Å². The number of nitrogens with two attached hydrogens (primary N) is 2. The second kappa shape index (κ2) is 5.02. The quantitative estimate of drug-likeness (QED) is 0.840. The number of hydrogen-bond acceptors (Lipinski definition) is 4. The van der Waals surface area contributed by atoms with Gasteiger partial charge in [0, 0.05) is 18.9 Å². The van der Waals surface area contributed by atoms with Crippen molar-refractivity contribution in [2.45, 2.75) is 43.7 Å². The lowest BCUT2D eigenvalue weighted by Gasteiger charge is -2.41. The molecule has 1 saturated carbocycles. The summed E-state index contributed by atoms with van der Waals surface area (Å²) in [7, 11) is 1.75. The second-order valence-electron chi connectivity index (χ2n) is 4.79. The molecule has 4 N–H and O–H groups in total. The van der Waals surface area contributed by atoms with Crippen molar-refractivity contribution < 1.29 is 4.74 Å². The van der Waals surface area contributed by atoms with Crippen LogP contribution in [0.4, 0.5) is 5.82 Å². The Morgan fingerprint density at radius 2 is 2.06 bits per heavy atom. The molecule has 1 atom stereocenters. The lowest BCUT2D eigenvalue weighted by atomic mass is 9.77. The van der Waals surface area contributed by atoms with Crippen LogP contribution in [0.25, 0.3) is 0 Å². The summed E-state index contributed by atoms with van der Waals surface area (Å²) in [5.74, 6) is 0.516. The van der Waals surface area contributed by atoms with Crippen LogP contribution < -0.4 is 11.5 Å². The molecule has 1 aromatic heterocycles. The van der Waals surface area contributed by atoms with Crippen molar-refractivity contribution >= 4 is 5.82 Å². The van der Waals surface area contributed by atoms with Crippen LogP contribution in [-0.2, 0) is 4.74 Å². The average Bonchev–Trinajstić information content (AvgIpc) is 2.39. The van der Waals surface area contributed by atoms with Gasteiger partial charge in [-0.15, -0.1) is 0 Å². The van der Waals surface area contributed by atoms with Crippen LogP contribution in [0, 0.1) is 0 Å². The molecule has 1 heterocycles. The van der Waals surface area contributed by atoms with Crippen LogP contribution in [0.5, 0.6) is 0 Å². The van der Waals surface area contributed by atoms with Gasteiger partial charge in [-0.1, -0.05) is 25.3 Å². The van der Waals surface area contributed by atoms with Crippen LogP contribution in [0.15, 0.2) is 18.3 Å². The number of methoxy groups -OCH3 is 1. The molecule has 94 valence electrons. The zero-order valence-corrected chi connectivity index (χ0v) is 10.4. The van der Waals surface area contributed by atoms with Crippen molar-refractivity contribution in [2.24, 2.45) is 5.73 Å². The lowest BCUT2D eigenvalue weighted by molar-refractivity contribution is -0.0594.